The molecule has 1 saturated heterocycles. The lowest BCUT2D eigenvalue weighted by Gasteiger charge is -2.09. The zero-order chi connectivity index (χ0) is 8.72. The van der Waals surface area contributed by atoms with Crippen LogP contribution in [0.15, 0.2) is 0 Å². The molecule has 2 rings (SSSR count). The van der Waals surface area contributed by atoms with E-state index in [4.69, 9.17) is 4.74 Å². The summed E-state index contributed by atoms with van der Waals surface area (Å²) in [5, 5.41) is 3.04. The first-order chi connectivity index (χ1) is 5.70. The Labute approximate surface area is 72.5 Å². The number of rotatable bonds is 2. The third-order valence-electron chi connectivity index (χ3n) is 2.79. The quantitative estimate of drug-likeness (QED) is 0.650. The van der Waals surface area contributed by atoms with Crippen LogP contribution in [0.1, 0.15) is 13.8 Å². The molecule has 12 heavy (non-hydrogen) atoms. The molecule has 2 atom stereocenters. The van der Waals surface area contributed by atoms with Crippen molar-refractivity contribution in [1.82, 2.24) is 5.32 Å². The predicted molar refractivity (Wildman–Crippen MR) is 44.6 cm³/mol. The molecule has 1 amide bonds. The molecule has 2 aliphatic rings. The Kier molecular flexibility index (Phi) is 1.83. The molecule has 0 aromatic heterocycles. The first kappa shape index (κ1) is 8.05. The minimum Gasteiger partial charge on any atom is -0.381 e. The second kappa shape index (κ2) is 2.73. The summed E-state index contributed by atoms with van der Waals surface area (Å²) in [5.74, 6) is 1.52. The van der Waals surface area contributed by atoms with Gasteiger partial charge in [-0.2, -0.15) is 0 Å². The van der Waals surface area contributed by atoms with Crippen molar-refractivity contribution in [1.29, 1.82) is 0 Å². The number of hydrogen-bond donors (Lipinski definition) is 1. The first-order valence-corrected chi connectivity index (χ1v) is 4.58. The molecule has 3 heteroatoms. The molecule has 68 valence electrons. The van der Waals surface area contributed by atoms with Gasteiger partial charge in [0, 0.05) is 23.8 Å². The number of carbonyl (C=O) groups is 1. The van der Waals surface area contributed by atoms with Crippen LogP contribution in [0.2, 0.25) is 0 Å². The van der Waals surface area contributed by atoms with Gasteiger partial charge in [-0.3, -0.25) is 4.79 Å². The van der Waals surface area contributed by atoms with E-state index in [0.29, 0.717) is 17.9 Å². The fourth-order valence-electron chi connectivity index (χ4n) is 1.78. The fourth-order valence-corrected chi connectivity index (χ4v) is 1.78. The summed E-state index contributed by atoms with van der Waals surface area (Å²) in [6.45, 7) is 5.52. The van der Waals surface area contributed by atoms with Crippen molar-refractivity contribution < 1.29 is 9.53 Å². The molecule has 1 N–H and O–H groups in total. The topological polar surface area (TPSA) is 38.3 Å². The lowest BCUT2D eigenvalue weighted by atomic mass is 10.2. The molecule has 2 fully saturated rings. The monoisotopic (exact) mass is 169 g/mol. The van der Waals surface area contributed by atoms with Gasteiger partial charge in [0.05, 0.1) is 13.2 Å². The van der Waals surface area contributed by atoms with Crippen molar-refractivity contribution >= 4 is 5.91 Å². The van der Waals surface area contributed by atoms with E-state index in [0.717, 1.165) is 13.2 Å². The van der Waals surface area contributed by atoms with Crippen LogP contribution in [0.4, 0.5) is 0 Å². The zero-order valence-corrected chi connectivity index (χ0v) is 7.54. The molecular weight excluding hydrogens is 154 g/mol. The van der Waals surface area contributed by atoms with Crippen LogP contribution in [0, 0.1) is 17.8 Å². The SMILES string of the molecule is CC(C)C(=O)NC1C2COCC21. The van der Waals surface area contributed by atoms with Crippen molar-refractivity contribution in [2.75, 3.05) is 13.2 Å². The number of hydrogen-bond acceptors (Lipinski definition) is 2. The van der Waals surface area contributed by atoms with Gasteiger partial charge in [-0.05, 0) is 0 Å². The molecule has 1 aliphatic carbocycles. The second-order valence-corrected chi connectivity index (χ2v) is 4.05. The Balaban J connectivity index is 1.79. The predicted octanol–water partition coefficient (Wildman–Crippen LogP) is 0.403. The number of fused-ring (bicyclic) bond motifs is 1. The van der Waals surface area contributed by atoms with Crippen LogP contribution in [-0.2, 0) is 9.53 Å². The van der Waals surface area contributed by atoms with Crippen LogP contribution < -0.4 is 5.32 Å². The molecule has 2 unspecified atom stereocenters. The van der Waals surface area contributed by atoms with E-state index in [1.54, 1.807) is 0 Å². The lowest BCUT2D eigenvalue weighted by molar-refractivity contribution is -0.124. The van der Waals surface area contributed by atoms with Gasteiger partial charge < -0.3 is 10.1 Å². The highest BCUT2D eigenvalue weighted by Gasteiger charge is 2.54. The van der Waals surface area contributed by atoms with E-state index in [-0.39, 0.29) is 11.8 Å². The summed E-state index contributed by atoms with van der Waals surface area (Å²) >= 11 is 0. The van der Waals surface area contributed by atoms with E-state index in [2.05, 4.69) is 5.32 Å². The highest BCUT2D eigenvalue weighted by atomic mass is 16.5. The summed E-state index contributed by atoms with van der Waals surface area (Å²) in [7, 11) is 0. The van der Waals surface area contributed by atoms with Crippen LogP contribution in [0.3, 0.4) is 0 Å². The summed E-state index contributed by atoms with van der Waals surface area (Å²) in [4.78, 5) is 11.3. The molecule has 1 aliphatic heterocycles. The van der Waals surface area contributed by atoms with Gasteiger partial charge >= 0.3 is 0 Å². The average molecular weight is 169 g/mol. The minimum atomic E-state index is 0.104. The van der Waals surface area contributed by atoms with Crippen molar-refractivity contribution in [2.24, 2.45) is 17.8 Å². The van der Waals surface area contributed by atoms with Gasteiger partial charge in [-0.15, -0.1) is 0 Å². The van der Waals surface area contributed by atoms with E-state index in [9.17, 15) is 4.79 Å². The zero-order valence-electron chi connectivity index (χ0n) is 7.54. The van der Waals surface area contributed by atoms with Crippen LogP contribution in [0.25, 0.3) is 0 Å². The van der Waals surface area contributed by atoms with Crippen LogP contribution >= 0.6 is 0 Å². The van der Waals surface area contributed by atoms with Gasteiger partial charge in [0.25, 0.3) is 0 Å². The normalized spacial score (nSPS) is 38.1. The highest BCUT2D eigenvalue weighted by Crippen LogP contribution is 2.44. The summed E-state index contributed by atoms with van der Waals surface area (Å²) in [5.41, 5.74) is 0. The Bertz CT molecular complexity index is 193. The van der Waals surface area contributed by atoms with Gasteiger partial charge in [0.1, 0.15) is 0 Å². The molecule has 1 heterocycles. The lowest BCUT2D eigenvalue weighted by Crippen LogP contribution is -2.33. The Morgan fingerprint density at radius 1 is 1.42 bits per heavy atom. The third-order valence-corrected chi connectivity index (χ3v) is 2.79. The smallest absolute Gasteiger partial charge is 0.222 e. The van der Waals surface area contributed by atoms with Gasteiger partial charge in [-0.1, -0.05) is 13.8 Å². The Morgan fingerprint density at radius 3 is 2.50 bits per heavy atom. The molecule has 0 radical (unpaired) electrons. The molecule has 3 nitrogen and oxygen atoms in total. The summed E-state index contributed by atoms with van der Waals surface area (Å²) in [6, 6.07) is 0.425. The molecule has 0 bridgehead atoms. The van der Waals surface area contributed by atoms with Crippen molar-refractivity contribution in [3.05, 3.63) is 0 Å². The second-order valence-electron chi connectivity index (χ2n) is 4.05. The Hall–Kier alpha value is -0.570. The maximum Gasteiger partial charge on any atom is 0.222 e. The standard InChI is InChI=1S/C9H15NO2/c1-5(2)9(11)10-8-6-3-12-4-7(6)8/h5-8H,3-4H2,1-2H3,(H,10,11). The van der Waals surface area contributed by atoms with E-state index < -0.39 is 0 Å². The fraction of sp³-hybridized carbons (Fsp3) is 0.889. The van der Waals surface area contributed by atoms with Crippen molar-refractivity contribution in [3.8, 4) is 0 Å². The highest BCUT2D eigenvalue weighted by molar-refractivity contribution is 5.78. The molecule has 0 aromatic carbocycles. The molecule has 0 aromatic rings. The summed E-state index contributed by atoms with van der Waals surface area (Å²) < 4.78 is 5.23. The maximum atomic E-state index is 11.3. The van der Waals surface area contributed by atoms with Crippen molar-refractivity contribution in [3.63, 3.8) is 0 Å². The largest absolute Gasteiger partial charge is 0.381 e. The number of amides is 1. The minimum absolute atomic E-state index is 0.104. The molecule has 0 spiro atoms. The van der Waals surface area contributed by atoms with E-state index >= 15 is 0 Å². The first-order valence-electron chi connectivity index (χ1n) is 4.58. The van der Waals surface area contributed by atoms with Crippen LogP contribution in [-0.4, -0.2) is 25.2 Å². The van der Waals surface area contributed by atoms with Crippen molar-refractivity contribution in [2.45, 2.75) is 19.9 Å². The molecule has 1 saturated carbocycles. The number of carbonyl (C=O) groups excluding carboxylic acids is 1. The van der Waals surface area contributed by atoms with E-state index in [1.807, 2.05) is 13.8 Å². The Morgan fingerprint density at radius 2 is 2.00 bits per heavy atom. The number of ether oxygens (including phenoxy) is 1. The van der Waals surface area contributed by atoms with Crippen LogP contribution in [0.5, 0.6) is 0 Å². The number of nitrogens with one attached hydrogen (secondary N) is 1. The third kappa shape index (κ3) is 1.22. The average Bonchev–Trinajstić information content (AvgIpc) is 2.46. The molecular formula is C9H15NO2. The van der Waals surface area contributed by atoms with E-state index in [1.165, 1.54) is 0 Å². The summed E-state index contributed by atoms with van der Waals surface area (Å²) in [6.07, 6.45) is 0. The van der Waals surface area contributed by atoms with Gasteiger partial charge in [0.2, 0.25) is 5.91 Å². The maximum absolute atomic E-state index is 11.3. The van der Waals surface area contributed by atoms with Gasteiger partial charge in [-0.25, -0.2) is 0 Å². The van der Waals surface area contributed by atoms with Gasteiger partial charge in [0.15, 0.2) is 0 Å².